The SMILES string of the molecule is CC(=O)c1c(C)noc1C1CC1. The Labute approximate surface area is 70.7 Å². The van der Waals surface area contributed by atoms with E-state index >= 15 is 0 Å². The highest BCUT2D eigenvalue weighted by atomic mass is 16.5. The van der Waals surface area contributed by atoms with Crippen LogP contribution >= 0.6 is 0 Å². The molecule has 0 aliphatic heterocycles. The van der Waals surface area contributed by atoms with Crippen molar-refractivity contribution in [2.24, 2.45) is 0 Å². The Kier molecular flexibility index (Phi) is 1.53. The summed E-state index contributed by atoms with van der Waals surface area (Å²) in [6, 6.07) is 0. The van der Waals surface area contributed by atoms with Crippen molar-refractivity contribution in [3.63, 3.8) is 0 Å². The summed E-state index contributed by atoms with van der Waals surface area (Å²) in [5, 5.41) is 3.80. The van der Waals surface area contributed by atoms with Gasteiger partial charge in [0.2, 0.25) is 0 Å². The van der Waals surface area contributed by atoms with Crippen LogP contribution in [0.2, 0.25) is 0 Å². The van der Waals surface area contributed by atoms with Gasteiger partial charge in [0.1, 0.15) is 0 Å². The van der Waals surface area contributed by atoms with Crippen molar-refractivity contribution in [1.29, 1.82) is 0 Å². The van der Waals surface area contributed by atoms with E-state index in [4.69, 9.17) is 4.52 Å². The molecule has 1 aliphatic rings. The van der Waals surface area contributed by atoms with Crippen molar-refractivity contribution in [2.75, 3.05) is 0 Å². The van der Waals surface area contributed by atoms with Crippen molar-refractivity contribution in [1.82, 2.24) is 5.16 Å². The number of nitrogens with zero attached hydrogens (tertiary/aromatic N) is 1. The van der Waals surface area contributed by atoms with Crippen LogP contribution in [0.4, 0.5) is 0 Å². The van der Waals surface area contributed by atoms with Crippen LogP contribution in [0.1, 0.15) is 47.5 Å². The molecule has 12 heavy (non-hydrogen) atoms. The van der Waals surface area contributed by atoms with Gasteiger partial charge in [-0.25, -0.2) is 0 Å². The van der Waals surface area contributed by atoms with E-state index in [-0.39, 0.29) is 5.78 Å². The molecule has 0 amide bonds. The second kappa shape index (κ2) is 2.44. The van der Waals surface area contributed by atoms with Gasteiger partial charge in [-0.05, 0) is 26.7 Å². The van der Waals surface area contributed by atoms with E-state index in [2.05, 4.69) is 5.16 Å². The molecule has 3 nitrogen and oxygen atoms in total. The second-order valence-corrected chi connectivity index (χ2v) is 3.34. The summed E-state index contributed by atoms with van der Waals surface area (Å²) < 4.78 is 5.11. The van der Waals surface area contributed by atoms with Crippen LogP contribution in [0.5, 0.6) is 0 Å². The number of carbonyl (C=O) groups is 1. The van der Waals surface area contributed by atoms with Crippen molar-refractivity contribution >= 4 is 5.78 Å². The highest BCUT2D eigenvalue weighted by Gasteiger charge is 2.32. The van der Waals surface area contributed by atoms with Gasteiger partial charge in [-0.1, -0.05) is 5.16 Å². The lowest BCUT2D eigenvalue weighted by Gasteiger charge is -1.93. The standard InChI is InChI=1S/C9H11NO2/c1-5-8(6(2)11)9(12-10-5)7-3-4-7/h7H,3-4H2,1-2H3. The zero-order valence-corrected chi connectivity index (χ0v) is 7.26. The maximum atomic E-state index is 11.2. The van der Waals surface area contributed by atoms with Gasteiger partial charge in [0.15, 0.2) is 11.5 Å². The van der Waals surface area contributed by atoms with E-state index in [1.165, 1.54) is 0 Å². The first-order chi connectivity index (χ1) is 5.70. The minimum Gasteiger partial charge on any atom is -0.360 e. The average Bonchev–Trinajstić information content (AvgIpc) is 2.75. The lowest BCUT2D eigenvalue weighted by molar-refractivity contribution is 0.101. The first kappa shape index (κ1) is 7.53. The Morgan fingerprint density at radius 1 is 1.58 bits per heavy atom. The lowest BCUT2D eigenvalue weighted by atomic mass is 10.1. The molecule has 0 atom stereocenters. The Balaban J connectivity index is 2.46. The second-order valence-electron chi connectivity index (χ2n) is 3.34. The van der Waals surface area contributed by atoms with Gasteiger partial charge in [-0.15, -0.1) is 0 Å². The number of rotatable bonds is 2. The Bertz CT molecular complexity index is 323. The monoisotopic (exact) mass is 165 g/mol. The summed E-state index contributed by atoms with van der Waals surface area (Å²) in [5.74, 6) is 1.33. The topological polar surface area (TPSA) is 43.1 Å². The number of aryl methyl sites for hydroxylation is 1. The third kappa shape index (κ3) is 1.05. The summed E-state index contributed by atoms with van der Waals surface area (Å²) in [6.07, 6.45) is 2.27. The number of aromatic nitrogens is 1. The summed E-state index contributed by atoms with van der Waals surface area (Å²) >= 11 is 0. The molecule has 1 fully saturated rings. The molecule has 1 aromatic heterocycles. The lowest BCUT2D eigenvalue weighted by Crippen LogP contribution is -1.96. The fourth-order valence-corrected chi connectivity index (χ4v) is 1.44. The number of Topliss-reactive ketones (excluding diaryl/α,β-unsaturated/α-hetero) is 1. The molecule has 1 aromatic rings. The molecule has 0 unspecified atom stereocenters. The van der Waals surface area contributed by atoms with Crippen LogP contribution in [-0.4, -0.2) is 10.9 Å². The highest BCUT2D eigenvalue weighted by Crippen LogP contribution is 2.42. The van der Waals surface area contributed by atoms with E-state index in [0.29, 0.717) is 11.5 Å². The molecule has 1 aliphatic carbocycles. The maximum Gasteiger partial charge on any atom is 0.165 e. The molecule has 2 rings (SSSR count). The molecule has 0 bridgehead atoms. The van der Waals surface area contributed by atoms with Crippen LogP contribution < -0.4 is 0 Å². The summed E-state index contributed by atoms with van der Waals surface area (Å²) in [7, 11) is 0. The summed E-state index contributed by atoms with van der Waals surface area (Å²) in [5.41, 5.74) is 1.43. The van der Waals surface area contributed by atoms with Gasteiger partial charge in [0, 0.05) is 5.92 Å². The summed E-state index contributed by atoms with van der Waals surface area (Å²) in [6.45, 7) is 3.37. The van der Waals surface area contributed by atoms with Crippen molar-refractivity contribution < 1.29 is 9.32 Å². The van der Waals surface area contributed by atoms with Crippen molar-refractivity contribution in [3.8, 4) is 0 Å². The first-order valence-electron chi connectivity index (χ1n) is 4.17. The predicted octanol–water partition coefficient (Wildman–Crippen LogP) is 2.06. The van der Waals surface area contributed by atoms with Crippen molar-refractivity contribution in [2.45, 2.75) is 32.6 Å². The summed E-state index contributed by atoms with van der Waals surface area (Å²) in [4.78, 5) is 11.2. The molecular weight excluding hydrogens is 154 g/mol. The number of ketones is 1. The Morgan fingerprint density at radius 3 is 2.75 bits per heavy atom. The fourth-order valence-electron chi connectivity index (χ4n) is 1.44. The molecule has 0 saturated heterocycles. The van der Waals surface area contributed by atoms with Crippen LogP contribution in [0.25, 0.3) is 0 Å². The van der Waals surface area contributed by atoms with Gasteiger partial charge in [-0.2, -0.15) is 0 Å². The molecule has 0 N–H and O–H groups in total. The molecule has 1 saturated carbocycles. The molecule has 1 heterocycles. The third-order valence-corrected chi connectivity index (χ3v) is 2.19. The Morgan fingerprint density at radius 2 is 2.25 bits per heavy atom. The van der Waals surface area contributed by atoms with E-state index in [9.17, 15) is 4.79 Å². The van der Waals surface area contributed by atoms with Gasteiger partial charge >= 0.3 is 0 Å². The number of carbonyl (C=O) groups excluding carboxylic acids is 1. The van der Waals surface area contributed by atoms with Crippen LogP contribution in [-0.2, 0) is 0 Å². The predicted molar refractivity (Wildman–Crippen MR) is 43.2 cm³/mol. The van der Waals surface area contributed by atoms with Crippen LogP contribution in [0.15, 0.2) is 4.52 Å². The number of hydrogen-bond acceptors (Lipinski definition) is 3. The average molecular weight is 165 g/mol. The molecule has 0 aromatic carbocycles. The largest absolute Gasteiger partial charge is 0.360 e. The molecular formula is C9H11NO2. The van der Waals surface area contributed by atoms with Gasteiger partial charge in [0.05, 0.1) is 11.3 Å². The smallest absolute Gasteiger partial charge is 0.165 e. The van der Waals surface area contributed by atoms with E-state index in [1.54, 1.807) is 6.92 Å². The normalized spacial score (nSPS) is 16.5. The van der Waals surface area contributed by atoms with Crippen LogP contribution in [0, 0.1) is 6.92 Å². The Hall–Kier alpha value is -1.12. The molecule has 64 valence electrons. The third-order valence-electron chi connectivity index (χ3n) is 2.19. The molecule has 3 heteroatoms. The maximum absolute atomic E-state index is 11.2. The highest BCUT2D eigenvalue weighted by molar-refractivity contribution is 5.96. The minimum atomic E-state index is 0.0654. The first-order valence-corrected chi connectivity index (χ1v) is 4.17. The molecule has 0 radical (unpaired) electrons. The van der Waals surface area contributed by atoms with E-state index in [1.807, 2.05) is 6.92 Å². The van der Waals surface area contributed by atoms with Crippen molar-refractivity contribution in [3.05, 3.63) is 17.0 Å². The van der Waals surface area contributed by atoms with E-state index in [0.717, 1.165) is 24.3 Å². The van der Waals surface area contributed by atoms with E-state index < -0.39 is 0 Å². The van der Waals surface area contributed by atoms with Gasteiger partial charge in [0.25, 0.3) is 0 Å². The van der Waals surface area contributed by atoms with Gasteiger partial charge in [-0.3, -0.25) is 4.79 Å². The minimum absolute atomic E-state index is 0.0654. The molecule has 0 spiro atoms. The van der Waals surface area contributed by atoms with Crippen LogP contribution in [0.3, 0.4) is 0 Å². The zero-order valence-electron chi connectivity index (χ0n) is 7.26. The number of hydrogen-bond donors (Lipinski definition) is 0. The van der Waals surface area contributed by atoms with Gasteiger partial charge < -0.3 is 4.52 Å². The zero-order chi connectivity index (χ0) is 8.72. The quantitative estimate of drug-likeness (QED) is 0.630. The fraction of sp³-hybridized carbons (Fsp3) is 0.556.